The number of ether oxygens (including phenoxy) is 2. The summed E-state index contributed by atoms with van der Waals surface area (Å²) in [5.74, 6) is 1.10. The topological polar surface area (TPSA) is 42.0 Å². The van der Waals surface area contributed by atoms with Gasteiger partial charge >= 0.3 is 0 Å². The molecule has 0 saturated carbocycles. The molecule has 5 aromatic carbocycles. The number of anilines is 2. The van der Waals surface area contributed by atoms with Gasteiger partial charge in [0.2, 0.25) is 0 Å². The standard InChI is InChI=1S/C36H32N2O3/c1-23-14-19-32-33(20-23)41-35(22-25-16-18-31(38(4)5)29-13-9-7-11-27(25)29)36(39)34(40-32)21-24-15-17-30(37(2)3)28-12-8-6-10-26(24)28/h6-22H,1-5H3/b34-21-,35-22-. The molecule has 0 atom stereocenters. The first-order valence-corrected chi connectivity index (χ1v) is 13.6. The third kappa shape index (κ3) is 4.91. The third-order valence-corrected chi connectivity index (χ3v) is 7.39. The average molecular weight is 541 g/mol. The van der Waals surface area contributed by atoms with E-state index < -0.39 is 0 Å². The molecule has 0 radical (unpaired) electrons. The van der Waals surface area contributed by atoms with Crippen molar-refractivity contribution in [3.05, 3.63) is 119 Å². The van der Waals surface area contributed by atoms with Crippen LogP contribution in [0.25, 0.3) is 33.7 Å². The van der Waals surface area contributed by atoms with Crippen molar-refractivity contribution in [1.29, 1.82) is 0 Å². The summed E-state index contributed by atoms with van der Waals surface area (Å²) in [5, 5.41) is 4.27. The van der Waals surface area contributed by atoms with Gasteiger partial charge in [0.25, 0.3) is 5.78 Å². The summed E-state index contributed by atoms with van der Waals surface area (Å²) in [5.41, 5.74) is 5.01. The molecule has 0 saturated heterocycles. The highest BCUT2D eigenvalue weighted by Gasteiger charge is 2.27. The molecule has 5 aromatic rings. The number of rotatable bonds is 4. The van der Waals surface area contributed by atoms with Gasteiger partial charge in [-0.2, -0.15) is 0 Å². The van der Waals surface area contributed by atoms with Gasteiger partial charge in [-0.3, -0.25) is 4.79 Å². The zero-order valence-corrected chi connectivity index (χ0v) is 23.9. The van der Waals surface area contributed by atoms with Crippen molar-refractivity contribution in [2.45, 2.75) is 6.92 Å². The molecular formula is C36H32N2O3. The monoisotopic (exact) mass is 540 g/mol. The van der Waals surface area contributed by atoms with Crippen molar-refractivity contribution in [2.75, 3.05) is 38.0 Å². The Morgan fingerprint density at radius 3 is 1.51 bits per heavy atom. The van der Waals surface area contributed by atoms with Gasteiger partial charge in [-0.25, -0.2) is 0 Å². The number of carbonyl (C=O) groups is 1. The highest BCUT2D eigenvalue weighted by molar-refractivity contribution is 6.14. The Kier molecular flexibility index (Phi) is 6.72. The van der Waals surface area contributed by atoms with E-state index in [9.17, 15) is 4.79 Å². The van der Waals surface area contributed by atoms with Crippen molar-refractivity contribution >= 4 is 50.9 Å². The molecule has 0 unspecified atom stereocenters. The summed E-state index contributed by atoms with van der Waals surface area (Å²) in [6.45, 7) is 1.99. The van der Waals surface area contributed by atoms with Crippen LogP contribution >= 0.6 is 0 Å². The van der Waals surface area contributed by atoms with E-state index in [0.717, 1.165) is 49.6 Å². The van der Waals surface area contributed by atoms with Crippen LogP contribution in [0, 0.1) is 6.92 Å². The van der Waals surface area contributed by atoms with Gasteiger partial charge in [0, 0.05) is 50.3 Å². The molecule has 0 bridgehead atoms. The molecule has 0 aromatic heterocycles. The second-order valence-corrected chi connectivity index (χ2v) is 10.7. The lowest BCUT2D eigenvalue weighted by molar-refractivity contribution is -0.115. The lowest BCUT2D eigenvalue weighted by atomic mass is 10.00. The SMILES string of the molecule is Cc1ccc2c(c1)O/C(=C\c1ccc(N(C)C)c3ccccc13)C(=O)/C(=C/c1ccc(N(C)C)c3ccccc13)O2. The predicted octanol–water partition coefficient (Wildman–Crippen LogP) is 7.86. The Morgan fingerprint density at radius 2 is 1.02 bits per heavy atom. The van der Waals surface area contributed by atoms with E-state index in [1.807, 2.05) is 102 Å². The fourth-order valence-electron chi connectivity index (χ4n) is 5.35. The second kappa shape index (κ2) is 10.5. The fourth-order valence-corrected chi connectivity index (χ4v) is 5.35. The molecule has 5 nitrogen and oxygen atoms in total. The van der Waals surface area contributed by atoms with E-state index in [4.69, 9.17) is 9.47 Å². The Bertz CT molecular complexity index is 1880. The molecule has 1 aliphatic rings. The first-order chi connectivity index (χ1) is 19.8. The van der Waals surface area contributed by atoms with Crippen molar-refractivity contribution < 1.29 is 14.3 Å². The predicted molar refractivity (Wildman–Crippen MR) is 170 cm³/mol. The number of carbonyl (C=O) groups excluding carboxylic acids is 1. The summed E-state index contributed by atoms with van der Waals surface area (Å²) < 4.78 is 12.6. The summed E-state index contributed by atoms with van der Waals surface area (Å²) in [6, 6.07) is 30.3. The maximum atomic E-state index is 14.1. The van der Waals surface area contributed by atoms with Crippen molar-refractivity contribution in [2.24, 2.45) is 0 Å². The minimum absolute atomic E-state index is 0.204. The minimum atomic E-state index is -0.319. The lowest BCUT2D eigenvalue weighted by Crippen LogP contribution is -2.13. The van der Waals surface area contributed by atoms with E-state index in [1.54, 1.807) is 0 Å². The Balaban J connectivity index is 1.53. The highest BCUT2D eigenvalue weighted by Crippen LogP contribution is 2.38. The van der Waals surface area contributed by atoms with Crippen LogP contribution in [0.2, 0.25) is 0 Å². The van der Waals surface area contributed by atoms with Crippen LogP contribution in [0.1, 0.15) is 16.7 Å². The minimum Gasteiger partial charge on any atom is -0.449 e. The van der Waals surface area contributed by atoms with Crippen LogP contribution in [0.3, 0.4) is 0 Å². The molecule has 204 valence electrons. The number of ketones is 1. The third-order valence-electron chi connectivity index (χ3n) is 7.39. The van der Waals surface area contributed by atoms with Crippen LogP contribution < -0.4 is 19.3 Å². The molecule has 6 rings (SSSR count). The largest absolute Gasteiger partial charge is 0.449 e. The van der Waals surface area contributed by atoms with Crippen LogP contribution in [0.15, 0.2) is 103 Å². The smallest absolute Gasteiger partial charge is 0.263 e. The molecule has 0 fully saturated rings. The number of fused-ring (bicyclic) bond motifs is 3. The lowest BCUT2D eigenvalue weighted by Gasteiger charge is -2.17. The highest BCUT2D eigenvalue weighted by atomic mass is 16.5. The summed E-state index contributed by atoms with van der Waals surface area (Å²) in [6.07, 6.45) is 3.65. The molecule has 1 heterocycles. The normalized spacial score (nSPS) is 15.0. The number of nitrogens with zero attached hydrogens (tertiary/aromatic N) is 2. The number of Topliss-reactive ketones (excluding diaryl/α,β-unsaturated/α-hetero) is 1. The van der Waals surface area contributed by atoms with Gasteiger partial charge in [0.1, 0.15) is 0 Å². The Labute approximate surface area is 240 Å². The number of benzene rings is 5. The second-order valence-electron chi connectivity index (χ2n) is 10.7. The Hall–Kier alpha value is -5.03. The molecule has 5 heteroatoms. The summed E-state index contributed by atoms with van der Waals surface area (Å²) in [4.78, 5) is 18.3. The molecule has 0 amide bonds. The van der Waals surface area contributed by atoms with E-state index in [2.05, 4.69) is 46.2 Å². The molecular weight excluding hydrogens is 508 g/mol. The van der Waals surface area contributed by atoms with Crippen molar-refractivity contribution in [3.63, 3.8) is 0 Å². The van der Waals surface area contributed by atoms with E-state index >= 15 is 0 Å². The molecule has 0 aliphatic carbocycles. The van der Waals surface area contributed by atoms with Crippen molar-refractivity contribution in [1.82, 2.24) is 0 Å². The van der Waals surface area contributed by atoms with E-state index in [-0.39, 0.29) is 17.3 Å². The van der Waals surface area contributed by atoms with Gasteiger partial charge in [-0.1, -0.05) is 66.7 Å². The maximum Gasteiger partial charge on any atom is 0.263 e. The maximum absolute atomic E-state index is 14.1. The zero-order chi connectivity index (χ0) is 28.7. The van der Waals surface area contributed by atoms with Crippen LogP contribution in [-0.2, 0) is 4.79 Å². The quantitative estimate of drug-likeness (QED) is 0.217. The van der Waals surface area contributed by atoms with Crippen molar-refractivity contribution in [3.8, 4) is 11.5 Å². The fraction of sp³-hybridized carbons (Fsp3) is 0.139. The Morgan fingerprint density at radius 1 is 0.561 bits per heavy atom. The van der Waals surface area contributed by atoms with Gasteiger partial charge in [0.15, 0.2) is 23.0 Å². The van der Waals surface area contributed by atoms with E-state index in [1.165, 1.54) is 0 Å². The number of aryl methyl sites for hydroxylation is 1. The molecule has 41 heavy (non-hydrogen) atoms. The number of hydrogen-bond acceptors (Lipinski definition) is 5. The zero-order valence-electron chi connectivity index (χ0n) is 23.9. The van der Waals surface area contributed by atoms with Gasteiger partial charge in [0.05, 0.1) is 0 Å². The van der Waals surface area contributed by atoms with Gasteiger partial charge < -0.3 is 19.3 Å². The van der Waals surface area contributed by atoms with Gasteiger partial charge in [-0.15, -0.1) is 0 Å². The van der Waals surface area contributed by atoms with Gasteiger partial charge in [-0.05, 0) is 70.8 Å². The number of hydrogen-bond donors (Lipinski definition) is 0. The van der Waals surface area contributed by atoms with Crippen LogP contribution in [-0.4, -0.2) is 34.0 Å². The summed E-state index contributed by atoms with van der Waals surface area (Å²) in [7, 11) is 8.11. The molecule has 1 aliphatic heterocycles. The van der Waals surface area contributed by atoms with Crippen LogP contribution in [0.4, 0.5) is 11.4 Å². The van der Waals surface area contributed by atoms with Crippen LogP contribution in [0.5, 0.6) is 11.5 Å². The molecule has 0 N–H and O–H groups in total. The van der Waals surface area contributed by atoms with E-state index in [0.29, 0.717) is 11.5 Å². The summed E-state index contributed by atoms with van der Waals surface area (Å²) >= 11 is 0. The molecule has 0 spiro atoms. The average Bonchev–Trinajstić information content (AvgIpc) is 3.08. The first kappa shape index (κ1) is 26.2. The first-order valence-electron chi connectivity index (χ1n) is 13.6.